The maximum atomic E-state index is 12.8. The largest absolute Gasteiger partial charge is 0.480 e. The Bertz CT molecular complexity index is 4650. The predicted octanol–water partition coefficient (Wildman–Crippen LogP) is 6.91. The second-order valence-electron chi connectivity index (χ2n) is 26.2. The van der Waals surface area contributed by atoms with Gasteiger partial charge >= 0.3 is 42.1 Å². The summed E-state index contributed by atoms with van der Waals surface area (Å²) in [7, 11) is 5.56. The van der Waals surface area contributed by atoms with Crippen molar-refractivity contribution in [3.63, 3.8) is 0 Å². The summed E-state index contributed by atoms with van der Waals surface area (Å²) in [6.45, 7) is 6.82. The molecule has 0 saturated heterocycles. The van der Waals surface area contributed by atoms with E-state index in [9.17, 15) is 71.0 Å². The Labute approximate surface area is 727 Å². The van der Waals surface area contributed by atoms with Crippen LogP contribution in [0.25, 0.3) is 0 Å². The van der Waals surface area contributed by atoms with E-state index in [4.69, 9.17) is 59.5 Å². The molecule has 0 fully saturated rings. The van der Waals surface area contributed by atoms with Crippen LogP contribution in [0.3, 0.4) is 0 Å². The van der Waals surface area contributed by atoms with Crippen LogP contribution in [0.2, 0.25) is 0 Å². The number of aromatic carboxylic acids is 1. The van der Waals surface area contributed by atoms with Crippen LogP contribution < -0.4 is 72.8 Å². The number of thioether (sulfide) groups is 1. The van der Waals surface area contributed by atoms with E-state index >= 15 is 0 Å². The number of methoxy groups -OCH3 is 3. The number of hydrogen-bond acceptors (Lipinski definition) is 23. The van der Waals surface area contributed by atoms with Gasteiger partial charge in [0, 0.05) is 45.3 Å². The molecule has 7 rings (SSSR count). The number of nitrogens with zero attached hydrogens (tertiary/aromatic N) is 7. The summed E-state index contributed by atoms with van der Waals surface area (Å²) in [4.78, 5) is 155. The third kappa shape index (κ3) is 49.7. The lowest BCUT2D eigenvalue weighted by molar-refractivity contribution is -0.156. The average molecular weight is 1780 g/mol. The zero-order chi connectivity index (χ0) is 92.1. The number of guanidine groups is 1. The molecule has 19 N–H and O–H groups in total. The van der Waals surface area contributed by atoms with Crippen molar-refractivity contribution in [2.45, 2.75) is 147 Å². The second kappa shape index (κ2) is 64.8. The van der Waals surface area contributed by atoms with Crippen molar-refractivity contribution in [1.82, 2.24) is 29.7 Å². The number of rotatable bonds is 37. The number of alkyl halides is 3. The fourth-order valence-corrected chi connectivity index (χ4v) is 10.4. The number of carboxylic acid groups (broad SMARTS) is 2. The number of nitrogens with two attached hydrogens (primary N) is 7. The van der Waals surface area contributed by atoms with Crippen LogP contribution in [0.4, 0.5) is 18.0 Å². The number of pyridine rings is 3. The molecule has 0 radical (unpaired) electrons. The van der Waals surface area contributed by atoms with Crippen LogP contribution in [0, 0.1) is 0 Å². The Balaban J connectivity index is 0.00000150. The van der Waals surface area contributed by atoms with Crippen molar-refractivity contribution in [3.05, 3.63) is 246 Å². The number of hydrogen-bond donors (Lipinski definition) is 12. The number of amides is 3. The molecular weight excluding hydrogens is 1660 g/mol. The number of aliphatic carboxylic acids is 1. The fourth-order valence-electron chi connectivity index (χ4n) is 10.2. The Morgan fingerprint density at radius 2 is 0.831 bits per heavy atom. The van der Waals surface area contributed by atoms with Gasteiger partial charge in [0.2, 0.25) is 6.29 Å². The van der Waals surface area contributed by atoms with E-state index in [1.54, 1.807) is 57.7 Å². The predicted molar refractivity (Wildman–Crippen MR) is 473 cm³/mol. The summed E-state index contributed by atoms with van der Waals surface area (Å²) in [5.74, 6) is -4.01. The number of nitrogens with one attached hydrogen (secondary N) is 3. The van der Waals surface area contributed by atoms with Crippen molar-refractivity contribution < 1.29 is 85.5 Å². The summed E-state index contributed by atoms with van der Waals surface area (Å²) >= 11 is 1.45. The quantitative estimate of drug-likeness (QED) is 0.00469. The van der Waals surface area contributed by atoms with Crippen LogP contribution in [0.1, 0.15) is 144 Å². The Morgan fingerprint density at radius 3 is 1.16 bits per heavy atom. The third-order valence-electron chi connectivity index (χ3n) is 16.5. The Morgan fingerprint density at radius 1 is 0.492 bits per heavy atom. The molecule has 4 aromatic carbocycles. The molecule has 0 aliphatic rings. The van der Waals surface area contributed by atoms with Crippen molar-refractivity contribution in [1.29, 1.82) is 0 Å². The number of aliphatic imine (C=N–C) groups is 4. The number of aromatic nitrogens is 3. The molecular formula is C84H115ClF3N17O18S. The summed E-state index contributed by atoms with van der Waals surface area (Å²) in [6.07, 6.45) is 7.73. The molecule has 3 aromatic heterocycles. The van der Waals surface area contributed by atoms with E-state index in [1.807, 2.05) is 128 Å². The summed E-state index contributed by atoms with van der Waals surface area (Å²) in [5, 5.41) is 26.4. The zero-order valence-electron chi connectivity index (χ0n) is 70.3. The van der Waals surface area contributed by atoms with Gasteiger partial charge < -0.3 is 98.9 Å². The molecule has 0 aliphatic carbocycles. The van der Waals surface area contributed by atoms with Crippen molar-refractivity contribution in [2.75, 3.05) is 60.8 Å². The van der Waals surface area contributed by atoms with Gasteiger partial charge in [-0.3, -0.25) is 53.5 Å². The van der Waals surface area contributed by atoms with E-state index in [2.05, 4.69) is 45.4 Å². The molecule has 3 amide bonds. The SMILES string of the molecule is CN=C(N)SC.COC(=O)[C@@H](N)CCCCN=C(C)N.COC(=O)[C@H](CCCCN)NC(=O)OCc1ccccc1.COC(=O)[C@H](CCCCN=C(C)N)NC(=O)c1cccn(Cc2ccccc2)c1=O.Cl.NC(N)=NCCCC[C@H](NC(=O)c1cccn(Cc2ccccc2)c1=O)C(=O)O.O=C(O)c1cccn(Cc2ccccc2)c1=O.O=CC(F)(F)F. The van der Waals surface area contributed by atoms with Gasteiger partial charge in [-0.15, -0.1) is 12.4 Å². The minimum absolute atomic E-state index is 0. The Hall–Kier alpha value is -13.0. The molecule has 3 heterocycles. The number of carbonyl (C=O) groups is 9. The minimum atomic E-state index is -4.64. The van der Waals surface area contributed by atoms with Gasteiger partial charge in [-0.25, -0.2) is 24.0 Å². The molecule has 124 heavy (non-hydrogen) atoms. The van der Waals surface area contributed by atoms with Crippen LogP contribution in [-0.4, -0.2) is 192 Å². The summed E-state index contributed by atoms with van der Waals surface area (Å²) in [6, 6.07) is 43.3. The first kappa shape index (κ1) is 111. The molecule has 35 nitrogen and oxygen atoms in total. The Kier molecular flexibility index (Phi) is 58.0. The normalized spacial score (nSPS) is 11.7. The lowest BCUT2D eigenvalue weighted by Gasteiger charge is -2.16. The maximum absolute atomic E-state index is 12.8. The number of carboxylic acids is 2. The molecule has 0 aliphatic heterocycles. The number of unbranched alkanes of at least 4 members (excludes halogenated alkanes) is 4. The standard InChI is InChI=1S/C22H28N4O4.C20H25N5O4.C15H22N2O4.C13H11NO3.C9H19N3O2.C3H8N2S.C2HF3O.ClH/c1-16(23)24-13-7-6-12-19(22(29)30-2)25-20(27)18-11-8-14-26(21(18)28)15-17-9-4-3-5-10-17;21-20(22)23-11-5-4-10-16(19(28)29)24-17(26)15-9-6-12-25(18(15)27)13-14-7-2-1-3-8-14;1-20-14(18)13(9-5-6-10-16)17-15(19)21-11-12-7-3-2-4-8-12;15-12-11(13(16)17)7-4-8-14(12)9-10-5-2-1-3-6-10;1-7(10)12-6-4-3-5-8(11)9(13)14-2;1-5-3(4)6-2;3-2(4,5)1-6;/h3-5,8-11,14,19H,6-7,12-13,15H2,1-2H3,(H2,23,24)(H,25,27);1-3,6-9,12,16H,4-5,10-11,13H2,(H,24,26)(H,28,29)(H4,21,22,23);2-4,7-8,13H,5-6,9-11,16H2,1H3,(H,17,19);1-8H,9H2,(H,16,17);8H,3-6,11H2,1-2H3,(H2,10,12);1-2H3,(H2,4,5);1H;1H/t19-;16-;13-;;8-;;;/m000.0.../s1. The van der Waals surface area contributed by atoms with E-state index in [0.29, 0.717) is 108 Å². The topological polar surface area (TPSA) is 565 Å². The van der Waals surface area contributed by atoms with Gasteiger partial charge in [-0.2, -0.15) is 13.2 Å². The number of carbonyl (C=O) groups excluding carboxylic acids is 7. The molecule has 0 spiro atoms. The lowest BCUT2D eigenvalue weighted by Crippen LogP contribution is -2.43. The van der Waals surface area contributed by atoms with Gasteiger partial charge in [0.25, 0.3) is 28.5 Å². The van der Waals surface area contributed by atoms with E-state index in [-0.39, 0.29) is 54.1 Å². The monoisotopic (exact) mass is 1770 g/mol. The highest BCUT2D eigenvalue weighted by molar-refractivity contribution is 8.13. The first-order valence-corrected chi connectivity index (χ1v) is 39.6. The van der Waals surface area contributed by atoms with Gasteiger partial charge in [0.1, 0.15) is 47.5 Å². The van der Waals surface area contributed by atoms with Gasteiger partial charge in [0.05, 0.1) is 52.6 Å². The van der Waals surface area contributed by atoms with E-state index < -0.39 is 95.1 Å². The summed E-state index contributed by atoms with van der Waals surface area (Å²) < 4.78 is 54.5. The first-order valence-electron chi connectivity index (χ1n) is 38.4. The number of halogens is 4. The molecule has 40 heteroatoms. The molecule has 7 aromatic rings. The smallest absolute Gasteiger partial charge is 0.446 e. The van der Waals surface area contributed by atoms with E-state index in [1.165, 1.54) is 65.0 Å². The minimum Gasteiger partial charge on any atom is -0.480 e. The molecule has 4 atom stereocenters. The first-order chi connectivity index (χ1) is 58.6. The van der Waals surface area contributed by atoms with Crippen molar-refractivity contribution in [2.24, 2.45) is 60.1 Å². The van der Waals surface area contributed by atoms with Crippen LogP contribution in [-0.2, 0) is 69.2 Å². The highest BCUT2D eigenvalue weighted by Gasteiger charge is 2.27. The fraction of sp³-hybridized carbons (Fsp3) is 0.381. The number of amidine groups is 3. The number of alkyl carbamates (subject to hydrolysis) is 1. The van der Waals surface area contributed by atoms with Gasteiger partial charge in [0.15, 0.2) is 11.1 Å². The van der Waals surface area contributed by atoms with Crippen LogP contribution in [0.5, 0.6) is 0 Å². The molecule has 0 saturated carbocycles. The summed E-state index contributed by atoms with van der Waals surface area (Å²) in [5.41, 5.74) is 39.4. The number of esters is 3. The number of benzene rings is 4. The van der Waals surface area contributed by atoms with E-state index in [0.717, 1.165) is 47.9 Å². The molecule has 0 bridgehead atoms. The highest BCUT2D eigenvalue weighted by Crippen LogP contribution is 2.12. The van der Waals surface area contributed by atoms with Crippen LogP contribution >= 0.6 is 24.2 Å². The number of ether oxygens (including phenoxy) is 4. The lowest BCUT2D eigenvalue weighted by atomic mass is 10.1. The van der Waals surface area contributed by atoms with Crippen molar-refractivity contribution in [3.8, 4) is 0 Å². The molecule has 678 valence electrons. The molecule has 0 unspecified atom stereocenters. The highest BCUT2D eigenvalue weighted by atomic mass is 35.5. The second-order valence-corrected chi connectivity index (χ2v) is 27.0. The maximum Gasteiger partial charge on any atom is 0.446 e. The van der Waals surface area contributed by atoms with Gasteiger partial charge in [-0.05, 0) is 162 Å². The van der Waals surface area contributed by atoms with Gasteiger partial charge in [-0.1, -0.05) is 133 Å². The van der Waals surface area contributed by atoms with Crippen LogP contribution in [0.15, 0.2) is 211 Å². The average Bonchev–Trinajstić information content (AvgIpc) is 0.831. The zero-order valence-corrected chi connectivity index (χ0v) is 72.0. The van der Waals surface area contributed by atoms with Crippen molar-refractivity contribution >= 4 is 101 Å². The third-order valence-corrected chi connectivity index (χ3v) is 17.1. The number of aldehydes is 1.